The van der Waals surface area contributed by atoms with Gasteiger partial charge in [-0.25, -0.2) is 8.78 Å². The van der Waals surface area contributed by atoms with Gasteiger partial charge in [-0.05, 0) is 46.3 Å². The Morgan fingerprint density at radius 3 is 2.68 bits per heavy atom. The first-order valence-corrected chi connectivity index (χ1v) is 6.41. The van der Waals surface area contributed by atoms with E-state index in [1.165, 1.54) is 0 Å². The van der Waals surface area contributed by atoms with E-state index in [-0.39, 0.29) is 5.56 Å². The van der Waals surface area contributed by atoms with Gasteiger partial charge in [0.15, 0.2) is 0 Å². The van der Waals surface area contributed by atoms with Gasteiger partial charge in [0.05, 0.1) is 6.04 Å². The predicted octanol–water partition coefficient (Wildman–Crippen LogP) is 2.87. The lowest BCUT2D eigenvalue weighted by molar-refractivity contribution is 0.499. The third kappa shape index (κ3) is 3.56. The average molecular weight is 328 g/mol. The fourth-order valence-electron chi connectivity index (χ4n) is 1.78. The molecule has 2 rings (SSSR count). The van der Waals surface area contributed by atoms with Crippen LogP contribution in [0.1, 0.15) is 17.3 Å². The number of pyridine rings is 1. The number of nitrogens with one attached hydrogen (secondary N) is 1. The third-order valence-corrected chi connectivity index (χ3v) is 3.21. The van der Waals surface area contributed by atoms with E-state index in [1.54, 1.807) is 12.3 Å². The highest BCUT2D eigenvalue weighted by molar-refractivity contribution is 9.10. The zero-order chi connectivity index (χ0) is 13.8. The third-order valence-electron chi connectivity index (χ3n) is 2.74. The molecule has 2 aromatic rings. The molecule has 0 bridgehead atoms. The summed E-state index contributed by atoms with van der Waals surface area (Å²) in [6, 6.07) is 6.39. The van der Waals surface area contributed by atoms with Crippen molar-refractivity contribution in [2.45, 2.75) is 12.5 Å². The maximum atomic E-state index is 13.7. The Balaban J connectivity index is 2.24. The maximum Gasteiger partial charge on any atom is 0.128 e. The topological polar surface area (TPSA) is 50.9 Å². The SMILES string of the molecule is NNC(Cc1ccc(Br)cn1)c1cc(F)ccc1F. The van der Waals surface area contributed by atoms with Gasteiger partial charge in [-0.1, -0.05) is 0 Å². The molecule has 1 atom stereocenters. The molecule has 0 fully saturated rings. The molecule has 0 saturated heterocycles. The van der Waals surface area contributed by atoms with E-state index in [1.807, 2.05) is 6.07 Å². The first kappa shape index (κ1) is 14.0. The van der Waals surface area contributed by atoms with Gasteiger partial charge in [-0.2, -0.15) is 0 Å². The average Bonchev–Trinajstić information content (AvgIpc) is 2.41. The van der Waals surface area contributed by atoms with E-state index < -0.39 is 17.7 Å². The molecule has 0 amide bonds. The van der Waals surface area contributed by atoms with Crippen LogP contribution in [0.2, 0.25) is 0 Å². The van der Waals surface area contributed by atoms with E-state index in [9.17, 15) is 8.78 Å². The molecule has 0 aliphatic heterocycles. The fraction of sp³-hybridized carbons (Fsp3) is 0.154. The van der Waals surface area contributed by atoms with Crippen molar-refractivity contribution in [1.29, 1.82) is 0 Å². The van der Waals surface area contributed by atoms with E-state index in [0.29, 0.717) is 6.42 Å². The summed E-state index contributed by atoms with van der Waals surface area (Å²) in [6.07, 6.45) is 2.01. The molecule has 0 radical (unpaired) electrons. The van der Waals surface area contributed by atoms with Gasteiger partial charge in [0, 0.05) is 28.3 Å². The molecule has 3 nitrogen and oxygen atoms in total. The summed E-state index contributed by atoms with van der Waals surface area (Å²) in [5, 5.41) is 0. The second kappa shape index (κ2) is 6.18. The minimum atomic E-state index is -0.538. The van der Waals surface area contributed by atoms with Crippen LogP contribution in [0.25, 0.3) is 0 Å². The van der Waals surface area contributed by atoms with Gasteiger partial charge in [-0.3, -0.25) is 16.3 Å². The monoisotopic (exact) mass is 327 g/mol. The van der Waals surface area contributed by atoms with Crippen LogP contribution in [-0.2, 0) is 6.42 Å². The van der Waals surface area contributed by atoms with Crippen molar-refractivity contribution in [2.24, 2.45) is 5.84 Å². The van der Waals surface area contributed by atoms with Crippen molar-refractivity contribution in [2.75, 3.05) is 0 Å². The number of hydrogen-bond donors (Lipinski definition) is 2. The highest BCUT2D eigenvalue weighted by Gasteiger charge is 2.16. The van der Waals surface area contributed by atoms with Crippen molar-refractivity contribution in [3.63, 3.8) is 0 Å². The molecule has 0 spiro atoms. The Hall–Kier alpha value is -1.37. The van der Waals surface area contributed by atoms with Crippen LogP contribution in [0, 0.1) is 11.6 Å². The maximum absolute atomic E-state index is 13.7. The lowest BCUT2D eigenvalue weighted by Crippen LogP contribution is -2.30. The minimum Gasteiger partial charge on any atom is -0.271 e. The van der Waals surface area contributed by atoms with Crippen LogP contribution >= 0.6 is 15.9 Å². The molecule has 100 valence electrons. The normalized spacial score (nSPS) is 12.4. The first-order valence-electron chi connectivity index (χ1n) is 5.61. The van der Waals surface area contributed by atoms with Crippen LogP contribution in [0.15, 0.2) is 41.0 Å². The summed E-state index contributed by atoms with van der Waals surface area (Å²) >= 11 is 3.28. The van der Waals surface area contributed by atoms with E-state index in [2.05, 4.69) is 26.3 Å². The Kier molecular flexibility index (Phi) is 4.57. The summed E-state index contributed by atoms with van der Waals surface area (Å²) in [7, 11) is 0. The molecule has 1 aromatic heterocycles. The molecule has 6 heteroatoms. The molecule has 0 saturated carbocycles. The minimum absolute atomic E-state index is 0.187. The first-order chi connectivity index (χ1) is 9.10. The number of aromatic nitrogens is 1. The largest absolute Gasteiger partial charge is 0.271 e. The van der Waals surface area contributed by atoms with E-state index in [0.717, 1.165) is 28.4 Å². The van der Waals surface area contributed by atoms with Crippen LogP contribution in [-0.4, -0.2) is 4.98 Å². The van der Waals surface area contributed by atoms with Gasteiger partial charge < -0.3 is 0 Å². The Labute approximate surface area is 117 Å². The number of nitrogens with two attached hydrogens (primary N) is 1. The molecule has 1 unspecified atom stereocenters. The molecule has 1 aromatic carbocycles. The van der Waals surface area contributed by atoms with E-state index in [4.69, 9.17) is 5.84 Å². The van der Waals surface area contributed by atoms with Gasteiger partial charge in [-0.15, -0.1) is 0 Å². The molecular formula is C13H12BrF2N3. The van der Waals surface area contributed by atoms with Crippen LogP contribution in [0.5, 0.6) is 0 Å². The second-order valence-electron chi connectivity index (χ2n) is 4.06. The van der Waals surface area contributed by atoms with Crippen LogP contribution in [0.3, 0.4) is 0 Å². The number of halogens is 3. The fourth-order valence-corrected chi connectivity index (χ4v) is 2.01. The molecule has 0 aliphatic rings. The van der Waals surface area contributed by atoms with Crippen molar-refractivity contribution in [3.05, 3.63) is 63.9 Å². The van der Waals surface area contributed by atoms with Gasteiger partial charge in [0.1, 0.15) is 11.6 Å². The summed E-state index contributed by atoms with van der Waals surface area (Å²) in [5.74, 6) is 4.43. The summed E-state index contributed by atoms with van der Waals surface area (Å²) in [5.41, 5.74) is 3.41. The molecule has 3 N–H and O–H groups in total. The van der Waals surface area contributed by atoms with Gasteiger partial charge in [0.2, 0.25) is 0 Å². The van der Waals surface area contributed by atoms with Crippen LogP contribution in [0.4, 0.5) is 8.78 Å². The second-order valence-corrected chi connectivity index (χ2v) is 4.97. The molecule has 1 heterocycles. The standard InChI is InChI=1S/C13H12BrF2N3/c14-8-1-3-10(18-7-8)6-13(19-17)11-5-9(15)2-4-12(11)16/h1-5,7,13,19H,6,17H2. The quantitative estimate of drug-likeness (QED) is 0.670. The van der Waals surface area contributed by atoms with Crippen molar-refractivity contribution in [3.8, 4) is 0 Å². The molecule has 0 aliphatic carbocycles. The Morgan fingerprint density at radius 1 is 1.26 bits per heavy atom. The highest BCUT2D eigenvalue weighted by Crippen LogP contribution is 2.21. The number of nitrogens with zero attached hydrogens (tertiary/aromatic N) is 1. The highest BCUT2D eigenvalue weighted by atomic mass is 79.9. The Morgan fingerprint density at radius 2 is 2.05 bits per heavy atom. The number of benzene rings is 1. The number of hydrogen-bond acceptors (Lipinski definition) is 3. The zero-order valence-electron chi connectivity index (χ0n) is 9.91. The van der Waals surface area contributed by atoms with Gasteiger partial charge in [0.25, 0.3) is 0 Å². The number of hydrazine groups is 1. The van der Waals surface area contributed by atoms with Crippen molar-refractivity contribution >= 4 is 15.9 Å². The van der Waals surface area contributed by atoms with Crippen molar-refractivity contribution in [1.82, 2.24) is 10.4 Å². The van der Waals surface area contributed by atoms with Crippen LogP contribution < -0.4 is 11.3 Å². The van der Waals surface area contributed by atoms with Crippen molar-refractivity contribution < 1.29 is 8.78 Å². The lowest BCUT2D eigenvalue weighted by atomic mass is 10.0. The number of rotatable bonds is 4. The molecule has 19 heavy (non-hydrogen) atoms. The summed E-state index contributed by atoms with van der Waals surface area (Å²) in [4.78, 5) is 4.18. The van der Waals surface area contributed by atoms with E-state index >= 15 is 0 Å². The lowest BCUT2D eigenvalue weighted by Gasteiger charge is -2.16. The predicted molar refractivity (Wildman–Crippen MR) is 72.1 cm³/mol. The zero-order valence-corrected chi connectivity index (χ0v) is 11.5. The molecular weight excluding hydrogens is 316 g/mol. The summed E-state index contributed by atoms with van der Waals surface area (Å²) < 4.78 is 27.7. The summed E-state index contributed by atoms with van der Waals surface area (Å²) in [6.45, 7) is 0. The van der Waals surface area contributed by atoms with Gasteiger partial charge >= 0.3 is 0 Å². The Bertz CT molecular complexity index is 560. The smallest absolute Gasteiger partial charge is 0.128 e.